The minimum absolute atomic E-state index is 0.00998. The van der Waals surface area contributed by atoms with Crippen molar-refractivity contribution in [3.63, 3.8) is 0 Å². The zero-order valence-electron chi connectivity index (χ0n) is 14.1. The normalized spacial score (nSPS) is 15.1. The molecule has 0 spiro atoms. The van der Waals surface area contributed by atoms with Crippen molar-refractivity contribution >= 4 is 13.7 Å². The van der Waals surface area contributed by atoms with Gasteiger partial charge in [-0.05, 0) is 29.5 Å². The summed E-state index contributed by atoms with van der Waals surface area (Å²) in [7, 11) is -3.82. The van der Waals surface area contributed by atoms with Crippen LogP contribution in [0.5, 0.6) is 5.75 Å². The van der Waals surface area contributed by atoms with Crippen molar-refractivity contribution in [3.8, 4) is 5.75 Å². The minimum Gasteiger partial charge on any atom is -0.424 e. The molecule has 7 heteroatoms. The third-order valence-corrected chi connectivity index (χ3v) is 5.94. The number of benzene rings is 1. The van der Waals surface area contributed by atoms with Gasteiger partial charge in [0.2, 0.25) is 5.70 Å². The van der Waals surface area contributed by atoms with Gasteiger partial charge in [0.25, 0.3) is 0 Å². The highest BCUT2D eigenvalue weighted by Crippen LogP contribution is 2.53. The lowest BCUT2D eigenvalue weighted by molar-refractivity contribution is -0.422. The van der Waals surface area contributed by atoms with Crippen LogP contribution < -0.4 is 4.52 Å². The Morgan fingerprint density at radius 2 is 1.70 bits per heavy atom. The second-order valence-corrected chi connectivity index (χ2v) is 8.15. The van der Waals surface area contributed by atoms with E-state index >= 15 is 0 Å². The fourth-order valence-electron chi connectivity index (χ4n) is 2.65. The largest absolute Gasteiger partial charge is 0.424 e. The first kappa shape index (κ1) is 19.4. The average Bonchev–Trinajstić information content (AvgIpc) is 2.38. The fraction of sp³-hybridized carbons (Fsp3) is 0.500. The number of hydrogen-bond donors (Lipinski definition) is 1. The van der Waals surface area contributed by atoms with Gasteiger partial charge in [-0.1, -0.05) is 39.8 Å². The lowest BCUT2D eigenvalue weighted by Gasteiger charge is -2.28. The summed E-state index contributed by atoms with van der Waals surface area (Å²) in [4.78, 5) is 20.4. The fourth-order valence-corrected chi connectivity index (χ4v) is 4.71. The van der Waals surface area contributed by atoms with E-state index in [1.165, 1.54) is 13.0 Å². The summed E-state index contributed by atoms with van der Waals surface area (Å²) in [6, 6.07) is 6.31. The van der Waals surface area contributed by atoms with Crippen LogP contribution in [-0.4, -0.2) is 15.5 Å². The molecule has 0 radical (unpaired) electrons. The van der Waals surface area contributed by atoms with Crippen molar-refractivity contribution < 1.29 is 18.9 Å². The molecule has 0 saturated carbocycles. The van der Waals surface area contributed by atoms with Crippen LogP contribution in [0.15, 0.2) is 30.0 Å². The van der Waals surface area contributed by atoms with Crippen LogP contribution in [0.25, 0.3) is 6.08 Å². The molecule has 1 unspecified atom stereocenters. The average molecular weight is 341 g/mol. The van der Waals surface area contributed by atoms with Gasteiger partial charge in [-0.15, -0.1) is 0 Å². The molecule has 0 saturated heterocycles. The van der Waals surface area contributed by atoms with E-state index in [1.807, 2.05) is 27.7 Å². The zero-order chi connectivity index (χ0) is 17.8. The van der Waals surface area contributed by atoms with E-state index in [9.17, 15) is 19.6 Å². The van der Waals surface area contributed by atoms with Gasteiger partial charge in [-0.3, -0.25) is 10.1 Å². The highest BCUT2D eigenvalue weighted by Gasteiger charge is 2.38. The predicted molar refractivity (Wildman–Crippen MR) is 91.0 cm³/mol. The molecule has 1 aromatic carbocycles. The Morgan fingerprint density at radius 3 is 2.09 bits per heavy atom. The van der Waals surface area contributed by atoms with Gasteiger partial charge < -0.3 is 9.42 Å². The first-order chi connectivity index (χ1) is 10.5. The molecule has 0 aromatic heterocycles. The predicted octanol–water partition coefficient (Wildman–Crippen LogP) is 4.57. The zero-order valence-corrected chi connectivity index (χ0v) is 15.0. The third-order valence-electron chi connectivity index (χ3n) is 3.52. The molecule has 6 nitrogen and oxygen atoms in total. The summed E-state index contributed by atoms with van der Waals surface area (Å²) >= 11 is 0. The van der Waals surface area contributed by atoms with Gasteiger partial charge in [0.15, 0.2) is 0 Å². The first-order valence-corrected chi connectivity index (χ1v) is 9.14. The van der Waals surface area contributed by atoms with E-state index in [1.54, 1.807) is 24.3 Å². The van der Waals surface area contributed by atoms with Gasteiger partial charge >= 0.3 is 7.60 Å². The molecule has 0 aliphatic rings. The summed E-state index contributed by atoms with van der Waals surface area (Å²) in [6.45, 7) is 8.98. The standard InChI is InChI=1S/C16H24NO5P/c1-11(2)16(12(3)4)23(20,21)22-15-8-6-14(7-9-15)10-13(5)17(18)19/h6-12,16H,1-5H3,(H,20,21). The Kier molecular flexibility index (Phi) is 6.54. The summed E-state index contributed by atoms with van der Waals surface area (Å²) < 4.78 is 17.9. The minimum atomic E-state index is -3.82. The van der Waals surface area contributed by atoms with Crippen molar-refractivity contribution in [1.82, 2.24) is 0 Å². The van der Waals surface area contributed by atoms with Crippen LogP contribution in [0.2, 0.25) is 0 Å². The van der Waals surface area contributed by atoms with E-state index in [2.05, 4.69) is 0 Å². The van der Waals surface area contributed by atoms with Crippen LogP contribution in [0.4, 0.5) is 0 Å². The second-order valence-electron chi connectivity index (χ2n) is 6.25. The Hall–Kier alpha value is -1.65. The van der Waals surface area contributed by atoms with Crippen LogP contribution in [0, 0.1) is 22.0 Å². The number of allylic oxidation sites excluding steroid dienone is 1. The lowest BCUT2D eigenvalue weighted by Crippen LogP contribution is -2.24. The summed E-state index contributed by atoms with van der Waals surface area (Å²) in [6.07, 6.45) is 1.42. The molecule has 128 valence electrons. The van der Waals surface area contributed by atoms with Crippen LogP contribution in [0.1, 0.15) is 40.2 Å². The molecule has 0 fully saturated rings. The van der Waals surface area contributed by atoms with Crippen molar-refractivity contribution in [3.05, 3.63) is 45.6 Å². The molecule has 23 heavy (non-hydrogen) atoms. The number of hydrogen-bond acceptors (Lipinski definition) is 4. The van der Waals surface area contributed by atoms with Gasteiger partial charge in [0.05, 0.1) is 10.6 Å². The highest BCUT2D eigenvalue weighted by molar-refractivity contribution is 7.54. The SMILES string of the molecule is CC(=Cc1ccc(OP(=O)(O)C(C(C)C)C(C)C)cc1)[N+](=O)[O-]. The van der Waals surface area contributed by atoms with E-state index in [-0.39, 0.29) is 23.3 Å². The monoisotopic (exact) mass is 341 g/mol. The van der Waals surface area contributed by atoms with Crippen molar-refractivity contribution in [2.75, 3.05) is 0 Å². The lowest BCUT2D eigenvalue weighted by atomic mass is 10.00. The Morgan fingerprint density at radius 1 is 1.22 bits per heavy atom. The molecule has 0 aliphatic heterocycles. The first-order valence-electron chi connectivity index (χ1n) is 7.49. The molecule has 1 rings (SSSR count). The molecular formula is C16H24NO5P. The molecule has 0 aliphatic carbocycles. The Bertz CT molecular complexity index is 614. The van der Waals surface area contributed by atoms with E-state index in [0.29, 0.717) is 5.56 Å². The smallest absolute Gasteiger partial charge is 0.380 e. The van der Waals surface area contributed by atoms with Crippen molar-refractivity contribution in [2.45, 2.75) is 40.3 Å². The molecule has 0 bridgehead atoms. The summed E-state index contributed by atoms with van der Waals surface area (Å²) in [5, 5.41) is 10.6. The van der Waals surface area contributed by atoms with Gasteiger partial charge in [-0.25, -0.2) is 4.57 Å². The number of nitrogens with zero attached hydrogens (tertiary/aromatic N) is 1. The van der Waals surface area contributed by atoms with E-state index in [0.717, 1.165) is 0 Å². The second kappa shape index (κ2) is 7.75. The van der Waals surface area contributed by atoms with Crippen molar-refractivity contribution in [1.29, 1.82) is 0 Å². The van der Waals surface area contributed by atoms with Gasteiger partial charge in [-0.2, -0.15) is 0 Å². The number of nitro groups is 1. The van der Waals surface area contributed by atoms with E-state index in [4.69, 9.17) is 4.52 Å². The molecular weight excluding hydrogens is 317 g/mol. The molecule has 1 atom stereocenters. The quantitative estimate of drug-likeness (QED) is 0.446. The maximum atomic E-state index is 12.6. The maximum Gasteiger partial charge on any atom is 0.380 e. The third kappa shape index (κ3) is 5.48. The Balaban J connectivity index is 2.95. The number of rotatable bonds is 7. The van der Waals surface area contributed by atoms with Crippen molar-refractivity contribution in [2.24, 2.45) is 11.8 Å². The maximum absolute atomic E-state index is 12.6. The van der Waals surface area contributed by atoms with Crippen LogP contribution in [-0.2, 0) is 4.57 Å². The highest BCUT2D eigenvalue weighted by atomic mass is 31.2. The Labute approximate surface area is 136 Å². The van der Waals surface area contributed by atoms with E-state index < -0.39 is 18.2 Å². The molecule has 1 aromatic rings. The molecule has 0 heterocycles. The van der Waals surface area contributed by atoms with Crippen LogP contribution in [0.3, 0.4) is 0 Å². The van der Waals surface area contributed by atoms with Gasteiger partial charge in [0.1, 0.15) is 5.75 Å². The summed E-state index contributed by atoms with van der Waals surface area (Å²) in [5.41, 5.74) is 0.188. The molecule has 0 amide bonds. The van der Waals surface area contributed by atoms with Gasteiger partial charge in [0, 0.05) is 13.0 Å². The van der Waals surface area contributed by atoms with Crippen LogP contribution >= 0.6 is 7.60 Å². The molecule has 1 N–H and O–H groups in total. The topological polar surface area (TPSA) is 89.7 Å². The summed E-state index contributed by atoms with van der Waals surface area (Å²) in [5.74, 6) is 0.296.